The molecule has 1 atom stereocenters. The van der Waals surface area contributed by atoms with E-state index in [2.05, 4.69) is 4.90 Å². The van der Waals surface area contributed by atoms with Gasteiger partial charge in [-0.05, 0) is 37.4 Å². The minimum absolute atomic E-state index is 0.296. The topological polar surface area (TPSA) is 41.9 Å². The second-order valence-electron chi connectivity index (χ2n) is 4.99. The molecule has 0 saturated carbocycles. The van der Waals surface area contributed by atoms with Crippen LogP contribution < -0.4 is 9.47 Å². The van der Waals surface area contributed by atoms with E-state index in [1.54, 1.807) is 7.11 Å². The van der Waals surface area contributed by atoms with Gasteiger partial charge in [0.05, 0.1) is 7.11 Å². The number of hydrogen-bond acceptors (Lipinski definition) is 4. The van der Waals surface area contributed by atoms with E-state index < -0.39 is 0 Å². The highest BCUT2D eigenvalue weighted by atomic mass is 16.5. The van der Waals surface area contributed by atoms with Gasteiger partial charge >= 0.3 is 0 Å². The molecule has 1 aromatic rings. The summed E-state index contributed by atoms with van der Waals surface area (Å²) in [5.74, 6) is 2.00. The molecule has 1 aliphatic heterocycles. The summed E-state index contributed by atoms with van der Waals surface area (Å²) in [7, 11) is 1.65. The zero-order valence-corrected chi connectivity index (χ0v) is 11.5. The molecular formula is C15H23NO3. The van der Waals surface area contributed by atoms with Crippen molar-refractivity contribution in [3.8, 4) is 11.5 Å². The Hall–Kier alpha value is -1.26. The number of benzene rings is 1. The number of methoxy groups -OCH3 is 1. The van der Waals surface area contributed by atoms with Gasteiger partial charge in [0.1, 0.15) is 6.61 Å². The smallest absolute Gasteiger partial charge is 0.161 e. The Kier molecular flexibility index (Phi) is 5.48. The first-order valence-corrected chi connectivity index (χ1v) is 6.92. The summed E-state index contributed by atoms with van der Waals surface area (Å²) in [6.45, 7) is 3.93. The summed E-state index contributed by atoms with van der Waals surface area (Å²) in [6.07, 6.45) is 2.31. The average molecular weight is 265 g/mol. The van der Waals surface area contributed by atoms with E-state index in [9.17, 15) is 5.11 Å². The van der Waals surface area contributed by atoms with Crippen LogP contribution in [0.2, 0.25) is 0 Å². The number of rotatable bonds is 6. The molecule has 1 fully saturated rings. The number of aliphatic hydroxyl groups excluding tert-OH is 1. The molecule has 1 heterocycles. The van der Waals surface area contributed by atoms with E-state index in [0.29, 0.717) is 19.1 Å². The Morgan fingerprint density at radius 3 is 2.84 bits per heavy atom. The molecule has 1 aliphatic rings. The molecule has 0 bridgehead atoms. The highest BCUT2D eigenvalue weighted by Crippen LogP contribution is 2.25. The predicted molar refractivity (Wildman–Crippen MR) is 74.7 cm³/mol. The van der Waals surface area contributed by atoms with Crippen molar-refractivity contribution in [1.29, 1.82) is 0 Å². The fraction of sp³-hybridized carbons (Fsp3) is 0.600. The fourth-order valence-electron chi connectivity index (χ4n) is 2.53. The molecular weight excluding hydrogens is 242 g/mol. The van der Waals surface area contributed by atoms with Gasteiger partial charge < -0.3 is 14.6 Å². The predicted octanol–water partition coefficient (Wildman–Crippen LogP) is 1.78. The molecule has 4 heteroatoms. The monoisotopic (exact) mass is 265 g/mol. The third-order valence-corrected chi connectivity index (χ3v) is 3.60. The molecule has 4 nitrogen and oxygen atoms in total. The summed E-state index contributed by atoms with van der Waals surface area (Å²) in [6, 6.07) is 7.70. The van der Waals surface area contributed by atoms with Crippen LogP contribution in [0.15, 0.2) is 24.3 Å². The second kappa shape index (κ2) is 7.36. The van der Waals surface area contributed by atoms with Gasteiger partial charge in [0.15, 0.2) is 11.5 Å². The first-order chi connectivity index (χ1) is 9.33. The Morgan fingerprint density at radius 2 is 2.11 bits per heavy atom. The normalized spacial score (nSPS) is 20.2. The van der Waals surface area contributed by atoms with E-state index in [4.69, 9.17) is 9.47 Å². The number of ether oxygens (including phenoxy) is 2. The van der Waals surface area contributed by atoms with Crippen LogP contribution in [0.25, 0.3) is 0 Å². The van der Waals surface area contributed by atoms with Crippen LogP contribution in [0.3, 0.4) is 0 Å². The van der Waals surface area contributed by atoms with E-state index in [0.717, 1.165) is 37.6 Å². The quantitative estimate of drug-likeness (QED) is 0.851. The van der Waals surface area contributed by atoms with Crippen molar-refractivity contribution in [2.75, 3.05) is 40.0 Å². The Balaban J connectivity index is 1.77. The number of aliphatic hydroxyl groups is 1. The standard InChI is InChI=1S/C15H23NO3/c1-18-14-6-2-3-7-15(14)19-10-9-16-8-4-5-13(11-16)12-17/h2-3,6-7,13,17H,4-5,8-12H2,1H3. The van der Waals surface area contributed by atoms with Gasteiger partial charge in [-0.15, -0.1) is 0 Å². The maximum absolute atomic E-state index is 9.21. The van der Waals surface area contributed by atoms with Crippen LogP contribution in [0, 0.1) is 5.92 Å². The van der Waals surface area contributed by atoms with Crippen molar-refractivity contribution in [3.05, 3.63) is 24.3 Å². The van der Waals surface area contributed by atoms with Crippen LogP contribution in [-0.2, 0) is 0 Å². The molecule has 0 spiro atoms. The SMILES string of the molecule is COc1ccccc1OCCN1CCCC(CO)C1. The van der Waals surface area contributed by atoms with Crippen molar-refractivity contribution in [2.24, 2.45) is 5.92 Å². The molecule has 2 rings (SSSR count). The van der Waals surface area contributed by atoms with E-state index in [1.807, 2.05) is 24.3 Å². The van der Waals surface area contributed by atoms with Gasteiger partial charge in [0, 0.05) is 19.7 Å². The lowest BCUT2D eigenvalue weighted by Crippen LogP contribution is -2.39. The van der Waals surface area contributed by atoms with Gasteiger partial charge in [-0.2, -0.15) is 0 Å². The van der Waals surface area contributed by atoms with Crippen molar-refractivity contribution >= 4 is 0 Å². The number of hydrogen-bond donors (Lipinski definition) is 1. The van der Waals surface area contributed by atoms with Crippen molar-refractivity contribution in [1.82, 2.24) is 4.90 Å². The molecule has 0 amide bonds. The molecule has 19 heavy (non-hydrogen) atoms. The molecule has 1 unspecified atom stereocenters. The fourth-order valence-corrected chi connectivity index (χ4v) is 2.53. The first kappa shape index (κ1) is 14.2. The number of para-hydroxylation sites is 2. The largest absolute Gasteiger partial charge is 0.493 e. The van der Waals surface area contributed by atoms with Gasteiger partial charge in [0.25, 0.3) is 0 Å². The van der Waals surface area contributed by atoms with Gasteiger partial charge in [-0.3, -0.25) is 4.90 Å². The lowest BCUT2D eigenvalue weighted by molar-refractivity contribution is 0.107. The maximum atomic E-state index is 9.21. The van der Waals surface area contributed by atoms with Gasteiger partial charge in [-0.25, -0.2) is 0 Å². The third kappa shape index (κ3) is 4.11. The first-order valence-electron chi connectivity index (χ1n) is 6.92. The zero-order valence-electron chi connectivity index (χ0n) is 11.5. The van der Waals surface area contributed by atoms with Crippen LogP contribution >= 0.6 is 0 Å². The molecule has 1 aromatic carbocycles. The number of piperidine rings is 1. The van der Waals surface area contributed by atoms with Crippen molar-refractivity contribution < 1.29 is 14.6 Å². The van der Waals surface area contributed by atoms with Gasteiger partial charge in [-0.1, -0.05) is 12.1 Å². The van der Waals surface area contributed by atoms with E-state index in [1.165, 1.54) is 6.42 Å². The Bertz CT molecular complexity index is 383. The van der Waals surface area contributed by atoms with E-state index in [-0.39, 0.29) is 0 Å². The molecule has 0 aliphatic carbocycles. The highest BCUT2D eigenvalue weighted by molar-refractivity contribution is 5.39. The minimum Gasteiger partial charge on any atom is -0.493 e. The molecule has 1 saturated heterocycles. The molecule has 1 N–H and O–H groups in total. The van der Waals surface area contributed by atoms with E-state index >= 15 is 0 Å². The second-order valence-corrected chi connectivity index (χ2v) is 4.99. The molecule has 0 aromatic heterocycles. The Labute approximate surface area is 114 Å². The zero-order chi connectivity index (χ0) is 13.5. The summed E-state index contributed by atoms with van der Waals surface area (Å²) in [5.41, 5.74) is 0. The number of likely N-dealkylation sites (tertiary alicyclic amines) is 1. The van der Waals surface area contributed by atoms with Crippen molar-refractivity contribution in [2.45, 2.75) is 12.8 Å². The summed E-state index contributed by atoms with van der Waals surface area (Å²) < 4.78 is 11.0. The van der Waals surface area contributed by atoms with Gasteiger partial charge in [0.2, 0.25) is 0 Å². The third-order valence-electron chi connectivity index (χ3n) is 3.60. The average Bonchev–Trinajstić information content (AvgIpc) is 2.48. The summed E-state index contributed by atoms with van der Waals surface area (Å²) in [5, 5.41) is 9.21. The van der Waals surface area contributed by atoms with Crippen LogP contribution in [0.1, 0.15) is 12.8 Å². The molecule has 106 valence electrons. The van der Waals surface area contributed by atoms with Crippen LogP contribution in [-0.4, -0.2) is 50.0 Å². The Morgan fingerprint density at radius 1 is 1.32 bits per heavy atom. The summed E-state index contributed by atoms with van der Waals surface area (Å²) in [4.78, 5) is 2.36. The van der Waals surface area contributed by atoms with Crippen LogP contribution in [0.4, 0.5) is 0 Å². The number of nitrogens with zero attached hydrogens (tertiary/aromatic N) is 1. The minimum atomic E-state index is 0.296. The molecule has 0 radical (unpaired) electrons. The van der Waals surface area contributed by atoms with Crippen molar-refractivity contribution in [3.63, 3.8) is 0 Å². The summed E-state index contributed by atoms with van der Waals surface area (Å²) >= 11 is 0. The lowest BCUT2D eigenvalue weighted by Gasteiger charge is -2.31. The highest BCUT2D eigenvalue weighted by Gasteiger charge is 2.18. The van der Waals surface area contributed by atoms with Crippen LogP contribution in [0.5, 0.6) is 11.5 Å². The lowest BCUT2D eigenvalue weighted by atomic mass is 9.99. The maximum Gasteiger partial charge on any atom is 0.161 e.